The third kappa shape index (κ3) is 3.28. The van der Waals surface area contributed by atoms with Gasteiger partial charge in [0.1, 0.15) is 11.6 Å². The Morgan fingerprint density at radius 1 is 1.33 bits per heavy atom. The van der Waals surface area contributed by atoms with Crippen LogP contribution in [0.1, 0.15) is 26.5 Å². The fourth-order valence-corrected chi connectivity index (χ4v) is 1.89. The molecule has 2 rings (SSSR count). The lowest BCUT2D eigenvalue weighted by atomic mass is 9.92. The van der Waals surface area contributed by atoms with E-state index in [1.165, 1.54) is 16.8 Å². The van der Waals surface area contributed by atoms with Gasteiger partial charge in [-0.1, -0.05) is 32.4 Å². The second-order valence-corrected chi connectivity index (χ2v) is 6.05. The van der Waals surface area contributed by atoms with Crippen LogP contribution in [0.2, 0.25) is 5.02 Å². The Hall–Kier alpha value is -2.21. The molecule has 0 bridgehead atoms. The first kappa shape index (κ1) is 15.2. The number of benzene rings is 1. The molecule has 2 aromatic rings. The number of halogens is 1. The number of carbonyl (C=O) groups is 1. The van der Waals surface area contributed by atoms with Crippen LogP contribution in [0.25, 0.3) is 5.69 Å². The highest BCUT2D eigenvalue weighted by molar-refractivity contribution is 6.32. The van der Waals surface area contributed by atoms with Crippen molar-refractivity contribution in [3.05, 3.63) is 35.0 Å². The van der Waals surface area contributed by atoms with Crippen LogP contribution in [0, 0.1) is 0 Å². The quantitative estimate of drug-likeness (QED) is 0.790. The highest BCUT2D eigenvalue weighted by atomic mass is 35.5. The Kier molecular flexibility index (Phi) is 3.82. The number of rotatable bonds is 2. The maximum atomic E-state index is 10.9. The lowest BCUT2D eigenvalue weighted by Crippen LogP contribution is -2.13. The Balaban J connectivity index is 2.56. The first-order valence-electron chi connectivity index (χ1n) is 6.28. The van der Waals surface area contributed by atoms with E-state index < -0.39 is 6.09 Å². The first-order chi connectivity index (χ1) is 9.68. The standard InChI is InChI=1S/C14H16ClN3O3/c1-14(2,3)11-7-12(16-13(20)21)18(17-11)8-4-5-9(15)10(19)6-8/h4-7,16,19H,1-3H3,(H,20,21). The summed E-state index contributed by atoms with van der Waals surface area (Å²) in [6, 6.07) is 6.26. The van der Waals surface area contributed by atoms with E-state index in [1.54, 1.807) is 12.1 Å². The summed E-state index contributed by atoms with van der Waals surface area (Å²) in [4.78, 5) is 10.9. The van der Waals surface area contributed by atoms with Gasteiger partial charge in [-0.25, -0.2) is 9.48 Å². The van der Waals surface area contributed by atoms with Crippen LogP contribution in [-0.2, 0) is 5.41 Å². The molecule has 0 saturated carbocycles. The number of aromatic hydroxyl groups is 1. The zero-order valence-electron chi connectivity index (χ0n) is 11.9. The maximum absolute atomic E-state index is 10.9. The van der Waals surface area contributed by atoms with Crippen molar-refractivity contribution < 1.29 is 15.0 Å². The van der Waals surface area contributed by atoms with Crippen molar-refractivity contribution in [2.75, 3.05) is 5.32 Å². The van der Waals surface area contributed by atoms with Crippen LogP contribution < -0.4 is 5.32 Å². The summed E-state index contributed by atoms with van der Waals surface area (Å²) in [6.45, 7) is 5.93. The summed E-state index contributed by atoms with van der Waals surface area (Å²) in [5.74, 6) is 0.206. The molecular weight excluding hydrogens is 294 g/mol. The van der Waals surface area contributed by atoms with Crippen LogP contribution in [0.5, 0.6) is 5.75 Å². The number of amides is 1. The molecule has 0 spiro atoms. The van der Waals surface area contributed by atoms with E-state index >= 15 is 0 Å². The van der Waals surface area contributed by atoms with E-state index in [1.807, 2.05) is 20.8 Å². The number of phenols is 1. The van der Waals surface area contributed by atoms with Gasteiger partial charge in [-0.2, -0.15) is 5.10 Å². The molecule has 0 aliphatic heterocycles. The smallest absolute Gasteiger partial charge is 0.410 e. The summed E-state index contributed by atoms with van der Waals surface area (Å²) in [6.07, 6.45) is -1.19. The normalized spacial score (nSPS) is 11.4. The molecule has 7 heteroatoms. The molecule has 0 radical (unpaired) electrons. The fraction of sp³-hybridized carbons (Fsp3) is 0.286. The van der Waals surface area contributed by atoms with E-state index in [4.69, 9.17) is 16.7 Å². The third-order valence-electron chi connectivity index (χ3n) is 2.89. The lowest BCUT2D eigenvalue weighted by molar-refractivity contribution is 0.209. The summed E-state index contributed by atoms with van der Waals surface area (Å²) >= 11 is 5.78. The number of hydrogen-bond acceptors (Lipinski definition) is 3. The van der Waals surface area contributed by atoms with Crippen molar-refractivity contribution >= 4 is 23.5 Å². The van der Waals surface area contributed by atoms with Crippen LogP contribution >= 0.6 is 11.6 Å². The van der Waals surface area contributed by atoms with E-state index in [0.29, 0.717) is 11.5 Å². The van der Waals surface area contributed by atoms with E-state index in [9.17, 15) is 9.90 Å². The first-order valence-corrected chi connectivity index (χ1v) is 6.65. The minimum Gasteiger partial charge on any atom is -0.506 e. The monoisotopic (exact) mass is 309 g/mol. The molecule has 0 unspecified atom stereocenters. The zero-order valence-corrected chi connectivity index (χ0v) is 12.6. The number of nitrogens with zero attached hydrogens (tertiary/aromatic N) is 2. The molecule has 1 aromatic carbocycles. The van der Waals surface area contributed by atoms with Gasteiger partial charge in [0.2, 0.25) is 0 Å². The van der Waals surface area contributed by atoms with Gasteiger partial charge >= 0.3 is 6.09 Å². The highest BCUT2D eigenvalue weighted by Gasteiger charge is 2.21. The Bertz CT molecular complexity index is 689. The Morgan fingerprint density at radius 3 is 2.52 bits per heavy atom. The zero-order chi connectivity index (χ0) is 15.8. The predicted octanol–water partition coefficient (Wildman–Crippen LogP) is 3.62. The number of hydrogen-bond donors (Lipinski definition) is 3. The molecule has 3 N–H and O–H groups in total. The molecule has 6 nitrogen and oxygen atoms in total. The molecular formula is C14H16ClN3O3. The average Bonchev–Trinajstić information content (AvgIpc) is 2.75. The summed E-state index contributed by atoms with van der Waals surface area (Å²) in [7, 11) is 0. The molecule has 0 saturated heterocycles. The molecule has 0 aliphatic rings. The number of phenolic OH excluding ortho intramolecular Hbond substituents is 1. The van der Waals surface area contributed by atoms with Crippen molar-refractivity contribution in [1.82, 2.24) is 9.78 Å². The van der Waals surface area contributed by atoms with Crippen LogP contribution in [0.4, 0.5) is 10.6 Å². The van der Waals surface area contributed by atoms with Gasteiger partial charge in [0.15, 0.2) is 0 Å². The summed E-state index contributed by atoms with van der Waals surface area (Å²) in [5, 5.41) is 25.5. The molecule has 1 heterocycles. The van der Waals surface area contributed by atoms with Gasteiger partial charge in [0, 0.05) is 17.5 Å². The SMILES string of the molecule is CC(C)(C)c1cc(NC(=O)O)n(-c2ccc(Cl)c(O)c2)n1. The van der Waals surface area contributed by atoms with Gasteiger partial charge in [-0.05, 0) is 12.1 Å². The number of nitrogens with one attached hydrogen (secondary N) is 1. The number of aromatic nitrogens is 2. The molecule has 112 valence electrons. The number of carboxylic acid groups (broad SMARTS) is 1. The van der Waals surface area contributed by atoms with Crippen molar-refractivity contribution in [3.63, 3.8) is 0 Å². The second kappa shape index (κ2) is 5.29. The van der Waals surface area contributed by atoms with Crippen molar-refractivity contribution in [1.29, 1.82) is 0 Å². The summed E-state index contributed by atoms with van der Waals surface area (Å²) < 4.78 is 1.42. The van der Waals surface area contributed by atoms with Crippen molar-refractivity contribution in [2.24, 2.45) is 0 Å². The second-order valence-electron chi connectivity index (χ2n) is 5.64. The van der Waals surface area contributed by atoms with Crippen LogP contribution in [0.15, 0.2) is 24.3 Å². The van der Waals surface area contributed by atoms with Gasteiger partial charge < -0.3 is 10.2 Å². The molecule has 1 aromatic heterocycles. The van der Waals surface area contributed by atoms with E-state index in [0.717, 1.165) is 5.69 Å². The largest absolute Gasteiger partial charge is 0.506 e. The van der Waals surface area contributed by atoms with E-state index in [-0.39, 0.29) is 16.2 Å². The molecule has 21 heavy (non-hydrogen) atoms. The van der Waals surface area contributed by atoms with Gasteiger partial charge in [-0.15, -0.1) is 0 Å². The predicted molar refractivity (Wildman–Crippen MR) is 80.6 cm³/mol. The highest BCUT2D eigenvalue weighted by Crippen LogP contribution is 2.29. The van der Waals surface area contributed by atoms with Crippen LogP contribution in [-0.4, -0.2) is 26.1 Å². The topological polar surface area (TPSA) is 87.4 Å². The maximum Gasteiger partial charge on any atom is 0.410 e. The fourth-order valence-electron chi connectivity index (χ4n) is 1.78. The Morgan fingerprint density at radius 2 is 2.00 bits per heavy atom. The molecule has 1 amide bonds. The van der Waals surface area contributed by atoms with Crippen molar-refractivity contribution in [2.45, 2.75) is 26.2 Å². The number of anilines is 1. The van der Waals surface area contributed by atoms with Gasteiger partial charge in [0.05, 0.1) is 16.4 Å². The Labute approximate surface area is 127 Å². The average molecular weight is 310 g/mol. The molecule has 0 atom stereocenters. The minimum absolute atomic E-state index is 0.0942. The lowest BCUT2D eigenvalue weighted by Gasteiger charge is -2.14. The van der Waals surface area contributed by atoms with Crippen molar-refractivity contribution in [3.8, 4) is 11.4 Å². The minimum atomic E-state index is -1.19. The molecule has 0 fully saturated rings. The van der Waals surface area contributed by atoms with Gasteiger partial charge in [0.25, 0.3) is 0 Å². The van der Waals surface area contributed by atoms with Gasteiger partial charge in [-0.3, -0.25) is 5.32 Å². The van der Waals surface area contributed by atoms with Crippen LogP contribution in [0.3, 0.4) is 0 Å². The summed E-state index contributed by atoms with van der Waals surface area (Å²) in [5.41, 5.74) is 0.992. The molecule has 0 aliphatic carbocycles. The van der Waals surface area contributed by atoms with E-state index in [2.05, 4.69) is 10.4 Å². The third-order valence-corrected chi connectivity index (χ3v) is 3.21.